The lowest BCUT2D eigenvalue weighted by Crippen LogP contribution is -2.49. The average molecular weight is 314 g/mol. The van der Waals surface area contributed by atoms with Gasteiger partial charge in [-0.3, -0.25) is 9.69 Å². The van der Waals surface area contributed by atoms with E-state index >= 15 is 0 Å². The van der Waals surface area contributed by atoms with Crippen LogP contribution in [0.2, 0.25) is 0 Å². The van der Waals surface area contributed by atoms with Crippen molar-refractivity contribution in [3.8, 4) is 0 Å². The molecule has 0 bridgehead atoms. The fraction of sp³-hybridized carbons (Fsp3) is 0.500. The first-order chi connectivity index (χ1) is 8.30. The molecule has 0 heterocycles. The predicted octanol–water partition coefficient (Wildman–Crippen LogP) is 3.70. The van der Waals surface area contributed by atoms with Crippen molar-refractivity contribution in [2.75, 3.05) is 7.05 Å². The Balaban J connectivity index is 3.03. The van der Waals surface area contributed by atoms with E-state index in [-0.39, 0.29) is 6.04 Å². The minimum absolute atomic E-state index is 0.101. The van der Waals surface area contributed by atoms with E-state index in [0.29, 0.717) is 0 Å². The molecule has 0 aliphatic carbocycles. The number of carboxylic acids is 1. The highest BCUT2D eigenvalue weighted by atomic mass is 79.9. The molecule has 1 rings (SSSR count). The lowest BCUT2D eigenvalue weighted by molar-refractivity contribution is -0.150. The Bertz CT molecular complexity index is 414. The summed E-state index contributed by atoms with van der Waals surface area (Å²) in [4.78, 5) is 13.2. The summed E-state index contributed by atoms with van der Waals surface area (Å²) in [7, 11) is 1.87. The van der Waals surface area contributed by atoms with Gasteiger partial charge in [0.15, 0.2) is 0 Å². The second kappa shape index (κ2) is 5.85. The van der Waals surface area contributed by atoms with Gasteiger partial charge in [0.25, 0.3) is 0 Å². The molecule has 1 atom stereocenters. The topological polar surface area (TPSA) is 40.5 Å². The van der Waals surface area contributed by atoms with Gasteiger partial charge in [-0.15, -0.1) is 0 Å². The van der Waals surface area contributed by atoms with Gasteiger partial charge in [-0.2, -0.15) is 0 Å². The molecule has 0 aliphatic heterocycles. The molecule has 1 unspecified atom stereocenters. The highest BCUT2D eigenvalue weighted by Crippen LogP contribution is 2.30. The zero-order valence-corrected chi connectivity index (χ0v) is 12.9. The third kappa shape index (κ3) is 3.12. The molecule has 0 fully saturated rings. The first-order valence-corrected chi connectivity index (χ1v) is 6.81. The molecule has 0 radical (unpaired) electrons. The second-order valence-corrected chi connectivity index (χ2v) is 5.87. The average Bonchev–Trinajstić information content (AvgIpc) is 2.32. The van der Waals surface area contributed by atoms with Crippen molar-refractivity contribution < 1.29 is 9.90 Å². The Morgan fingerprint density at radius 2 is 1.89 bits per heavy atom. The summed E-state index contributed by atoms with van der Waals surface area (Å²) < 4.78 is 1.03. The van der Waals surface area contributed by atoms with E-state index in [9.17, 15) is 9.90 Å². The van der Waals surface area contributed by atoms with Gasteiger partial charge in [0.05, 0.1) is 0 Å². The Kier molecular flexibility index (Phi) is 4.93. The largest absolute Gasteiger partial charge is 0.480 e. The van der Waals surface area contributed by atoms with Crippen molar-refractivity contribution in [3.05, 3.63) is 34.3 Å². The molecule has 3 nitrogen and oxygen atoms in total. The second-order valence-electron chi connectivity index (χ2n) is 4.95. The Labute approximate surface area is 117 Å². The van der Waals surface area contributed by atoms with Crippen LogP contribution in [0.25, 0.3) is 0 Å². The molecule has 0 aromatic heterocycles. The van der Waals surface area contributed by atoms with Gasteiger partial charge in [-0.1, -0.05) is 35.0 Å². The molecule has 1 N–H and O–H groups in total. The molecule has 18 heavy (non-hydrogen) atoms. The molecule has 0 amide bonds. The number of nitrogens with zero attached hydrogens (tertiary/aromatic N) is 1. The van der Waals surface area contributed by atoms with E-state index in [1.807, 2.05) is 36.2 Å². The summed E-state index contributed by atoms with van der Waals surface area (Å²) in [5.41, 5.74) is 0.255. The highest BCUT2D eigenvalue weighted by Gasteiger charge is 2.36. The van der Waals surface area contributed by atoms with Crippen LogP contribution in [-0.2, 0) is 4.79 Å². The molecular formula is C14H20BrNO2. The maximum Gasteiger partial charge on any atom is 0.323 e. The lowest BCUT2D eigenvalue weighted by Gasteiger charge is -2.38. The van der Waals surface area contributed by atoms with Crippen molar-refractivity contribution in [1.29, 1.82) is 0 Å². The number of rotatable bonds is 5. The number of halogens is 1. The summed E-state index contributed by atoms with van der Waals surface area (Å²) in [6.45, 7) is 5.54. The molecule has 0 aliphatic rings. The quantitative estimate of drug-likeness (QED) is 0.901. The zero-order chi connectivity index (χ0) is 13.9. The van der Waals surface area contributed by atoms with Gasteiger partial charge in [-0.05, 0) is 45.0 Å². The first kappa shape index (κ1) is 15.2. The predicted molar refractivity (Wildman–Crippen MR) is 76.7 cm³/mol. The highest BCUT2D eigenvalue weighted by molar-refractivity contribution is 9.10. The molecule has 1 aromatic rings. The van der Waals surface area contributed by atoms with Gasteiger partial charge < -0.3 is 5.11 Å². The van der Waals surface area contributed by atoms with Crippen LogP contribution in [0.4, 0.5) is 0 Å². The molecule has 0 spiro atoms. The van der Waals surface area contributed by atoms with Crippen LogP contribution >= 0.6 is 15.9 Å². The summed E-state index contributed by atoms with van der Waals surface area (Å²) in [5, 5.41) is 9.30. The van der Waals surface area contributed by atoms with Crippen molar-refractivity contribution in [3.63, 3.8) is 0 Å². The van der Waals surface area contributed by atoms with E-state index in [2.05, 4.69) is 22.9 Å². The van der Waals surface area contributed by atoms with Crippen LogP contribution in [0.5, 0.6) is 0 Å². The normalized spacial score (nSPS) is 13.7. The van der Waals surface area contributed by atoms with Crippen LogP contribution < -0.4 is 0 Å². The molecule has 100 valence electrons. The standard InChI is InChI=1S/C14H20BrNO2/c1-5-12(10-6-8-11(15)9-7-10)16(4)14(2,3)13(17)18/h6-9,12H,5H2,1-4H3,(H,17,18). The number of hydrogen-bond donors (Lipinski definition) is 1. The Morgan fingerprint density at radius 3 is 2.28 bits per heavy atom. The summed E-state index contributed by atoms with van der Waals surface area (Å²) >= 11 is 3.41. The number of benzene rings is 1. The maximum absolute atomic E-state index is 11.3. The Hall–Kier alpha value is -0.870. The number of carboxylic acid groups (broad SMARTS) is 1. The molecular weight excluding hydrogens is 294 g/mol. The third-order valence-electron chi connectivity index (χ3n) is 3.51. The fourth-order valence-electron chi connectivity index (χ4n) is 1.96. The van der Waals surface area contributed by atoms with Crippen LogP contribution in [-0.4, -0.2) is 28.6 Å². The van der Waals surface area contributed by atoms with Gasteiger partial charge in [0.1, 0.15) is 5.54 Å². The van der Waals surface area contributed by atoms with E-state index < -0.39 is 11.5 Å². The van der Waals surface area contributed by atoms with Gasteiger partial charge in [0.2, 0.25) is 0 Å². The lowest BCUT2D eigenvalue weighted by atomic mass is 9.96. The SMILES string of the molecule is CCC(c1ccc(Br)cc1)N(C)C(C)(C)C(=O)O. The third-order valence-corrected chi connectivity index (χ3v) is 4.04. The summed E-state index contributed by atoms with van der Waals surface area (Å²) in [6.07, 6.45) is 0.870. The van der Waals surface area contributed by atoms with Gasteiger partial charge in [0, 0.05) is 10.5 Å². The van der Waals surface area contributed by atoms with Gasteiger partial charge >= 0.3 is 5.97 Å². The monoisotopic (exact) mass is 313 g/mol. The van der Waals surface area contributed by atoms with Crippen LogP contribution in [0, 0.1) is 0 Å². The van der Waals surface area contributed by atoms with Crippen molar-refractivity contribution in [2.45, 2.75) is 38.8 Å². The molecule has 4 heteroatoms. The van der Waals surface area contributed by atoms with E-state index in [0.717, 1.165) is 16.5 Å². The summed E-state index contributed by atoms with van der Waals surface area (Å²) in [6, 6.07) is 8.14. The van der Waals surface area contributed by atoms with E-state index in [1.165, 1.54) is 0 Å². The number of hydrogen-bond acceptors (Lipinski definition) is 2. The number of aliphatic carboxylic acids is 1. The fourth-order valence-corrected chi connectivity index (χ4v) is 2.22. The number of likely N-dealkylation sites (N-methyl/N-ethyl adjacent to an activating group) is 1. The van der Waals surface area contributed by atoms with Crippen LogP contribution in [0.15, 0.2) is 28.7 Å². The first-order valence-electron chi connectivity index (χ1n) is 6.02. The summed E-state index contributed by atoms with van der Waals surface area (Å²) in [5.74, 6) is -0.805. The van der Waals surface area contributed by atoms with E-state index in [1.54, 1.807) is 13.8 Å². The van der Waals surface area contributed by atoms with E-state index in [4.69, 9.17) is 0 Å². The Morgan fingerprint density at radius 1 is 1.39 bits per heavy atom. The van der Waals surface area contributed by atoms with Crippen LogP contribution in [0.3, 0.4) is 0 Å². The molecule has 0 saturated heterocycles. The van der Waals surface area contributed by atoms with Crippen molar-refractivity contribution in [2.24, 2.45) is 0 Å². The maximum atomic E-state index is 11.3. The van der Waals surface area contributed by atoms with Crippen molar-refractivity contribution in [1.82, 2.24) is 4.90 Å². The minimum atomic E-state index is -0.881. The van der Waals surface area contributed by atoms with Crippen LogP contribution in [0.1, 0.15) is 38.8 Å². The smallest absolute Gasteiger partial charge is 0.323 e. The van der Waals surface area contributed by atoms with Crippen molar-refractivity contribution >= 4 is 21.9 Å². The zero-order valence-electron chi connectivity index (χ0n) is 11.3. The molecule has 1 aromatic carbocycles. The van der Waals surface area contributed by atoms with Gasteiger partial charge in [-0.25, -0.2) is 0 Å². The minimum Gasteiger partial charge on any atom is -0.480 e. The number of carbonyl (C=O) groups is 1. The molecule has 0 saturated carbocycles.